The Balaban J connectivity index is 2.31. The van der Waals surface area contributed by atoms with Gasteiger partial charge in [0.05, 0.1) is 37.3 Å². The number of nitrogen functional groups attached to an aromatic ring is 1. The molecule has 3 N–H and O–H groups in total. The molecule has 0 radical (unpaired) electrons. The van der Waals surface area contributed by atoms with Crippen LogP contribution in [0.1, 0.15) is 10.4 Å². The van der Waals surface area contributed by atoms with Crippen molar-refractivity contribution in [1.82, 2.24) is 5.32 Å². The first-order valence-corrected chi connectivity index (χ1v) is 6.62. The number of methoxy groups -OCH3 is 1. The third-order valence-electron chi connectivity index (χ3n) is 3.44. The predicted octanol–water partition coefficient (Wildman–Crippen LogP) is 0.00660. The van der Waals surface area contributed by atoms with Crippen LogP contribution in [0.5, 0.6) is 0 Å². The van der Waals surface area contributed by atoms with E-state index >= 15 is 0 Å². The topological polar surface area (TPSA) is 93.9 Å². The fraction of sp³-hybridized carbons (Fsp3) is 0.429. The number of carbonyl (C=O) groups excluding carboxylic acids is 2. The monoisotopic (exact) mass is 293 g/mol. The number of anilines is 2. The Morgan fingerprint density at radius 1 is 1.48 bits per heavy atom. The molecule has 114 valence electrons. The third-order valence-corrected chi connectivity index (χ3v) is 3.44. The molecule has 21 heavy (non-hydrogen) atoms. The highest BCUT2D eigenvalue weighted by Gasteiger charge is 2.30. The van der Waals surface area contributed by atoms with Gasteiger partial charge in [-0.15, -0.1) is 0 Å². The van der Waals surface area contributed by atoms with E-state index in [4.69, 9.17) is 10.5 Å². The standard InChI is InChI=1S/C14H19N3O4/c1-16-13(18)12-8-21-6-5-17(12)11-4-3-9(7-10(11)15)14(19)20-2/h3-4,7,12H,5-6,8,15H2,1-2H3,(H,16,18). The molecule has 0 spiro atoms. The van der Waals surface area contributed by atoms with Gasteiger partial charge < -0.3 is 25.4 Å². The van der Waals surface area contributed by atoms with E-state index in [1.54, 1.807) is 25.2 Å². The molecule has 1 atom stereocenters. The maximum Gasteiger partial charge on any atom is 0.337 e. The average Bonchev–Trinajstić information content (AvgIpc) is 2.53. The lowest BCUT2D eigenvalue weighted by molar-refractivity contribution is -0.124. The zero-order chi connectivity index (χ0) is 15.4. The first-order valence-electron chi connectivity index (χ1n) is 6.62. The van der Waals surface area contributed by atoms with E-state index in [0.717, 1.165) is 0 Å². The van der Waals surface area contributed by atoms with E-state index in [1.165, 1.54) is 7.11 Å². The van der Waals surface area contributed by atoms with Gasteiger partial charge in [-0.1, -0.05) is 0 Å². The molecule has 1 aliphatic heterocycles. The molecule has 1 fully saturated rings. The summed E-state index contributed by atoms with van der Waals surface area (Å²) in [5, 5.41) is 2.62. The van der Waals surface area contributed by atoms with Crippen LogP contribution >= 0.6 is 0 Å². The van der Waals surface area contributed by atoms with Crippen molar-refractivity contribution in [3.05, 3.63) is 23.8 Å². The number of likely N-dealkylation sites (N-methyl/N-ethyl adjacent to an activating group) is 1. The summed E-state index contributed by atoms with van der Waals surface area (Å²) >= 11 is 0. The Hall–Kier alpha value is -2.28. The van der Waals surface area contributed by atoms with Gasteiger partial charge >= 0.3 is 5.97 Å². The molecule has 0 saturated carbocycles. The zero-order valence-corrected chi connectivity index (χ0v) is 12.1. The number of hydrogen-bond donors (Lipinski definition) is 2. The van der Waals surface area contributed by atoms with Gasteiger partial charge in [0.25, 0.3) is 0 Å². The minimum Gasteiger partial charge on any atom is -0.465 e. The van der Waals surface area contributed by atoms with Crippen molar-refractivity contribution in [1.29, 1.82) is 0 Å². The number of amides is 1. The van der Waals surface area contributed by atoms with Crippen LogP contribution in [0.4, 0.5) is 11.4 Å². The fourth-order valence-electron chi connectivity index (χ4n) is 2.34. The fourth-order valence-corrected chi connectivity index (χ4v) is 2.34. The van der Waals surface area contributed by atoms with Gasteiger partial charge in [-0.3, -0.25) is 4.79 Å². The number of ether oxygens (including phenoxy) is 2. The molecule has 0 aliphatic carbocycles. The highest BCUT2D eigenvalue weighted by Crippen LogP contribution is 2.28. The first-order chi connectivity index (χ1) is 10.1. The van der Waals surface area contributed by atoms with Gasteiger partial charge in [0.2, 0.25) is 5.91 Å². The molecule has 1 amide bonds. The maximum absolute atomic E-state index is 11.9. The van der Waals surface area contributed by atoms with Gasteiger partial charge in [-0.05, 0) is 18.2 Å². The summed E-state index contributed by atoms with van der Waals surface area (Å²) in [6, 6.07) is 4.48. The second kappa shape index (κ2) is 6.45. The van der Waals surface area contributed by atoms with Crippen LogP contribution in [0.3, 0.4) is 0 Å². The first kappa shape index (κ1) is 15.1. The van der Waals surface area contributed by atoms with Crippen molar-refractivity contribution in [3.63, 3.8) is 0 Å². The van der Waals surface area contributed by atoms with E-state index in [1.807, 2.05) is 4.90 Å². The molecule has 7 nitrogen and oxygen atoms in total. The predicted molar refractivity (Wildman–Crippen MR) is 78.2 cm³/mol. The lowest BCUT2D eigenvalue weighted by atomic mass is 10.1. The van der Waals surface area contributed by atoms with Gasteiger partial charge in [0.15, 0.2) is 0 Å². The Morgan fingerprint density at radius 2 is 2.24 bits per heavy atom. The van der Waals surface area contributed by atoms with Crippen LogP contribution in [-0.2, 0) is 14.3 Å². The summed E-state index contributed by atoms with van der Waals surface area (Å²) in [6.45, 7) is 1.38. The van der Waals surface area contributed by atoms with E-state index < -0.39 is 12.0 Å². The normalized spacial score (nSPS) is 18.2. The van der Waals surface area contributed by atoms with Crippen LogP contribution in [0.2, 0.25) is 0 Å². The number of esters is 1. The average molecular weight is 293 g/mol. The molecule has 2 rings (SSSR count). The number of nitrogens with zero attached hydrogens (tertiary/aromatic N) is 1. The highest BCUT2D eigenvalue weighted by molar-refractivity contribution is 5.93. The van der Waals surface area contributed by atoms with Crippen molar-refractivity contribution in [2.45, 2.75) is 6.04 Å². The second-order valence-electron chi connectivity index (χ2n) is 4.66. The number of benzene rings is 1. The summed E-state index contributed by atoms with van der Waals surface area (Å²) in [4.78, 5) is 25.3. The summed E-state index contributed by atoms with van der Waals surface area (Å²) < 4.78 is 10.0. The Kier molecular flexibility index (Phi) is 4.64. The summed E-state index contributed by atoms with van der Waals surface area (Å²) in [5.41, 5.74) is 7.54. The second-order valence-corrected chi connectivity index (χ2v) is 4.66. The van der Waals surface area contributed by atoms with Crippen LogP contribution in [0, 0.1) is 0 Å². The van der Waals surface area contributed by atoms with E-state index in [2.05, 4.69) is 10.1 Å². The molecule has 1 unspecified atom stereocenters. The summed E-state index contributed by atoms with van der Waals surface area (Å²) in [5.74, 6) is -0.579. The molecule has 7 heteroatoms. The molecule has 1 aromatic rings. The van der Waals surface area contributed by atoms with E-state index in [0.29, 0.717) is 36.7 Å². The molecule has 0 bridgehead atoms. The Bertz CT molecular complexity index is 547. The van der Waals surface area contributed by atoms with Crippen LogP contribution in [0.25, 0.3) is 0 Å². The van der Waals surface area contributed by atoms with Gasteiger partial charge in [0.1, 0.15) is 6.04 Å². The quantitative estimate of drug-likeness (QED) is 0.602. The number of hydrogen-bond acceptors (Lipinski definition) is 6. The number of morpholine rings is 1. The summed E-state index contributed by atoms with van der Waals surface area (Å²) in [6.07, 6.45) is 0. The maximum atomic E-state index is 11.9. The Labute approximate surface area is 123 Å². The molecular formula is C14H19N3O4. The van der Waals surface area contributed by atoms with Crippen LogP contribution in [0.15, 0.2) is 18.2 Å². The zero-order valence-electron chi connectivity index (χ0n) is 12.1. The molecule has 1 aliphatic rings. The van der Waals surface area contributed by atoms with Gasteiger partial charge in [0, 0.05) is 13.6 Å². The van der Waals surface area contributed by atoms with Crippen LogP contribution in [-0.4, -0.2) is 51.8 Å². The van der Waals surface area contributed by atoms with Crippen LogP contribution < -0.4 is 16.0 Å². The van der Waals surface area contributed by atoms with Crippen molar-refractivity contribution in [2.75, 3.05) is 44.5 Å². The van der Waals surface area contributed by atoms with Gasteiger partial charge in [-0.2, -0.15) is 0 Å². The van der Waals surface area contributed by atoms with Crippen molar-refractivity contribution >= 4 is 23.3 Å². The SMILES string of the molecule is CNC(=O)C1COCCN1c1ccc(C(=O)OC)cc1N. The third kappa shape index (κ3) is 3.08. The molecule has 0 aromatic heterocycles. The van der Waals surface area contributed by atoms with E-state index in [-0.39, 0.29) is 5.91 Å². The van der Waals surface area contributed by atoms with Gasteiger partial charge in [-0.25, -0.2) is 4.79 Å². The Morgan fingerprint density at radius 3 is 2.86 bits per heavy atom. The number of carbonyl (C=O) groups is 2. The lowest BCUT2D eigenvalue weighted by Crippen LogP contribution is -2.53. The molecule has 1 aromatic carbocycles. The minimum atomic E-state index is -0.446. The number of nitrogens with two attached hydrogens (primary N) is 1. The smallest absolute Gasteiger partial charge is 0.337 e. The lowest BCUT2D eigenvalue weighted by Gasteiger charge is -2.36. The largest absolute Gasteiger partial charge is 0.465 e. The molecular weight excluding hydrogens is 274 g/mol. The number of rotatable bonds is 3. The number of nitrogens with one attached hydrogen (secondary N) is 1. The molecule has 1 saturated heterocycles. The highest BCUT2D eigenvalue weighted by atomic mass is 16.5. The van der Waals surface area contributed by atoms with Crippen molar-refractivity contribution in [2.24, 2.45) is 0 Å². The van der Waals surface area contributed by atoms with E-state index in [9.17, 15) is 9.59 Å². The minimum absolute atomic E-state index is 0.133. The van der Waals surface area contributed by atoms with Crippen molar-refractivity contribution in [3.8, 4) is 0 Å². The van der Waals surface area contributed by atoms with Crippen molar-refractivity contribution < 1.29 is 19.1 Å². The summed E-state index contributed by atoms with van der Waals surface area (Å²) in [7, 11) is 2.90. The molecule has 1 heterocycles.